The molecule has 3 aromatic rings. The number of benzene rings is 3. The lowest BCUT2D eigenvalue weighted by Gasteiger charge is -2.11. The first-order chi connectivity index (χ1) is 11.6. The fourth-order valence-electron chi connectivity index (χ4n) is 2.38. The van der Waals surface area contributed by atoms with Crippen molar-refractivity contribution in [3.63, 3.8) is 0 Å². The van der Waals surface area contributed by atoms with E-state index in [-0.39, 0.29) is 5.78 Å². The Morgan fingerprint density at radius 2 is 1.58 bits per heavy atom. The van der Waals surface area contributed by atoms with Gasteiger partial charge in [-0.2, -0.15) is 0 Å². The summed E-state index contributed by atoms with van der Waals surface area (Å²) in [6, 6.07) is 21.7. The molecule has 120 valence electrons. The van der Waals surface area contributed by atoms with Crippen LogP contribution in [-0.4, -0.2) is 5.78 Å². The van der Waals surface area contributed by atoms with Crippen LogP contribution in [-0.2, 0) is 6.61 Å². The van der Waals surface area contributed by atoms with E-state index in [1.54, 1.807) is 42.5 Å². The Morgan fingerprint density at radius 1 is 0.833 bits per heavy atom. The van der Waals surface area contributed by atoms with Gasteiger partial charge in [0.15, 0.2) is 5.78 Å². The zero-order valence-electron chi connectivity index (χ0n) is 13.1. The van der Waals surface area contributed by atoms with Gasteiger partial charge in [0, 0.05) is 16.8 Å². The first-order valence-corrected chi connectivity index (χ1v) is 7.60. The maximum Gasteiger partial charge on any atom is 0.193 e. The van der Waals surface area contributed by atoms with Crippen LogP contribution in [0.3, 0.4) is 0 Å². The average molecular weight is 318 g/mol. The number of ketones is 1. The summed E-state index contributed by atoms with van der Waals surface area (Å²) in [6.07, 6.45) is 0. The molecule has 0 spiro atoms. The van der Waals surface area contributed by atoms with E-state index < -0.39 is 0 Å². The van der Waals surface area contributed by atoms with Crippen molar-refractivity contribution in [1.82, 2.24) is 0 Å². The zero-order chi connectivity index (χ0) is 16.9. The molecule has 0 aromatic heterocycles. The van der Waals surface area contributed by atoms with Crippen LogP contribution in [0.4, 0.5) is 11.4 Å². The number of nitrogens with two attached hydrogens (primary N) is 2. The van der Waals surface area contributed by atoms with Crippen LogP contribution < -0.4 is 16.2 Å². The lowest BCUT2D eigenvalue weighted by atomic mass is 10.0. The second kappa shape index (κ2) is 6.87. The monoisotopic (exact) mass is 318 g/mol. The molecule has 0 saturated heterocycles. The Kier molecular flexibility index (Phi) is 4.47. The minimum Gasteiger partial charge on any atom is -0.487 e. The Morgan fingerprint density at radius 3 is 2.33 bits per heavy atom. The molecule has 0 aliphatic rings. The molecule has 0 radical (unpaired) electrons. The molecular weight excluding hydrogens is 300 g/mol. The molecule has 0 aliphatic heterocycles. The highest BCUT2D eigenvalue weighted by Gasteiger charge is 2.12. The van der Waals surface area contributed by atoms with Crippen LogP contribution in [0.15, 0.2) is 72.8 Å². The third-order valence-corrected chi connectivity index (χ3v) is 3.66. The average Bonchev–Trinajstić information content (AvgIpc) is 2.61. The summed E-state index contributed by atoms with van der Waals surface area (Å²) in [5.41, 5.74) is 14.8. The number of hydrogen-bond donors (Lipinski definition) is 2. The van der Waals surface area contributed by atoms with Gasteiger partial charge in [-0.3, -0.25) is 4.79 Å². The highest BCUT2D eigenvalue weighted by molar-refractivity contribution is 6.09. The van der Waals surface area contributed by atoms with Crippen molar-refractivity contribution in [2.24, 2.45) is 0 Å². The number of nitrogen functional groups attached to an aromatic ring is 2. The van der Waals surface area contributed by atoms with E-state index in [2.05, 4.69) is 0 Å². The molecule has 0 unspecified atom stereocenters. The van der Waals surface area contributed by atoms with Gasteiger partial charge in [-0.1, -0.05) is 42.5 Å². The lowest BCUT2D eigenvalue weighted by Crippen LogP contribution is -2.05. The minimum absolute atomic E-state index is 0.119. The van der Waals surface area contributed by atoms with Crippen molar-refractivity contribution < 1.29 is 9.53 Å². The Balaban J connectivity index is 1.82. The molecule has 24 heavy (non-hydrogen) atoms. The molecule has 0 amide bonds. The van der Waals surface area contributed by atoms with Crippen molar-refractivity contribution in [2.45, 2.75) is 6.61 Å². The van der Waals surface area contributed by atoms with E-state index >= 15 is 0 Å². The summed E-state index contributed by atoms with van der Waals surface area (Å²) >= 11 is 0. The van der Waals surface area contributed by atoms with Gasteiger partial charge in [-0.25, -0.2) is 0 Å². The van der Waals surface area contributed by atoms with Gasteiger partial charge in [-0.15, -0.1) is 0 Å². The molecule has 0 fully saturated rings. The van der Waals surface area contributed by atoms with Crippen LogP contribution in [0.1, 0.15) is 21.5 Å². The van der Waals surface area contributed by atoms with E-state index in [9.17, 15) is 4.79 Å². The molecule has 3 rings (SSSR count). The largest absolute Gasteiger partial charge is 0.487 e. The maximum absolute atomic E-state index is 12.6. The summed E-state index contributed by atoms with van der Waals surface area (Å²) in [4.78, 5) is 12.6. The first-order valence-electron chi connectivity index (χ1n) is 7.60. The highest BCUT2D eigenvalue weighted by Crippen LogP contribution is 2.25. The Bertz CT molecular complexity index is 861. The fourth-order valence-corrected chi connectivity index (χ4v) is 2.38. The molecule has 0 heterocycles. The number of hydrogen-bond acceptors (Lipinski definition) is 4. The van der Waals surface area contributed by atoms with Crippen LogP contribution in [0.5, 0.6) is 5.75 Å². The molecule has 0 bridgehead atoms. The van der Waals surface area contributed by atoms with E-state index in [1.807, 2.05) is 30.3 Å². The van der Waals surface area contributed by atoms with Gasteiger partial charge in [0.05, 0.1) is 5.69 Å². The van der Waals surface area contributed by atoms with Gasteiger partial charge in [-0.05, 0) is 35.9 Å². The van der Waals surface area contributed by atoms with Crippen molar-refractivity contribution in [2.75, 3.05) is 11.5 Å². The van der Waals surface area contributed by atoms with E-state index in [1.165, 1.54) is 0 Å². The van der Waals surface area contributed by atoms with Crippen LogP contribution in [0, 0.1) is 0 Å². The smallest absolute Gasteiger partial charge is 0.193 e. The van der Waals surface area contributed by atoms with Crippen LogP contribution in [0.25, 0.3) is 0 Å². The standard InChI is InChI=1S/C20H18N2O2/c21-17-8-4-7-15(11-17)20(23)16-9-10-18(22)19(12-16)24-13-14-5-2-1-3-6-14/h1-12H,13,21-22H2. The quantitative estimate of drug-likeness (QED) is 0.556. The Hall–Kier alpha value is -3.27. The predicted octanol–water partition coefficient (Wildman–Crippen LogP) is 3.66. The molecular formula is C20H18N2O2. The third-order valence-electron chi connectivity index (χ3n) is 3.66. The van der Waals surface area contributed by atoms with Crippen molar-refractivity contribution in [1.29, 1.82) is 0 Å². The molecule has 4 nitrogen and oxygen atoms in total. The molecule has 0 atom stereocenters. The van der Waals surface area contributed by atoms with E-state index in [0.29, 0.717) is 34.9 Å². The maximum atomic E-state index is 12.6. The molecule has 4 heteroatoms. The summed E-state index contributed by atoms with van der Waals surface area (Å²) in [5.74, 6) is 0.375. The topological polar surface area (TPSA) is 78.3 Å². The van der Waals surface area contributed by atoms with Gasteiger partial charge in [0.25, 0.3) is 0 Å². The molecule has 3 aromatic carbocycles. The summed E-state index contributed by atoms with van der Waals surface area (Å²) < 4.78 is 5.77. The molecule has 0 aliphatic carbocycles. The summed E-state index contributed by atoms with van der Waals surface area (Å²) in [5, 5.41) is 0. The second-order valence-corrected chi connectivity index (χ2v) is 5.48. The van der Waals surface area contributed by atoms with Crippen molar-refractivity contribution >= 4 is 17.2 Å². The molecule has 4 N–H and O–H groups in total. The fraction of sp³-hybridized carbons (Fsp3) is 0.0500. The minimum atomic E-state index is -0.119. The number of ether oxygens (including phenoxy) is 1. The van der Waals surface area contributed by atoms with E-state index in [0.717, 1.165) is 5.56 Å². The first kappa shape index (κ1) is 15.6. The number of carbonyl (C=O) groups is 1. The number of carbonyl (C=O) groups excluding carboxylic acids is 1. The van der Waals surface area contributed by atoms with Gasteiger partial charge in [0.2, 0.25) is 0 Å². The normalized spacial score (nSPS) is 10.3. The summed E-state index contributed by atoms with van der Waals surface area (Å²) in [6.45, 7) is 0.390. The summed E-state index contributed by atoms with van der Waals surface area (Å²) in [7, 11) is 0. The predicted molar refractivity (Wildman–Crippen MR) is 95.9 cm³/mol. The van der Waals surface area contributed by atoms with Gasteiger partial charge >= 0.3 is 0 Å². The van der Waals surface area contributed by atoms with Crippen LogP contribution >= 0.6 is 0 Å². The van der Waals surface area contributed by atoms with Crippen molar-refractivity contribution in [3.05, 3.63) is 89.5 Å². The second-order valence-electron chi connectivity index (χ2n) is 5.48. The molecule has 0 saturated carbocycles. The highest BCUT2D eigenvalue weighted by atomic mass is 16.5. The lowest BCUT2D eigenvalue weighted by molar-refractivity contribution is 0.103. The van der Waals surface area contributed by atoms with Crippen LogP contribution in [0.2, 0.25) is 0 Å². The Labute approximate surface area is 140 Å². The van der Waals surface area contributed by atoms with Gasteiger partial charge < -0.3 is 16.2 Å². The SMILES string of the molecule is Nc1cccc(C(=O)c2ccc(N)c(OCc3ccccc3)c2)c1. The number of rotatable bonds is 5. The van der Waals surface area contributed by atoms with Crippen molar-refractivity contribution in [3.8, 4) is 5.75 Å². The third kappa shape index (κ3) is 3.55. The van der Waals surface area contributed by atoms with E-state index in [4.69, 9.17) is 16.2 Å². The number of anilines is 2. The van der Waals surface area contributed by atoms with Gasteiger partial charge in [0.1, 0.15) is 12.4 Å². The zero-order valence-corrected chi connectivity index (χ0v) is 13.1.